The average Bonchev–Trinajstić information content (AvgIpc) is 2.38. The molecule has 0 radical (unpaired) electrons. The number of sulfonamides is 1. The van der Waals surface area contributed by atoms with Crippen molar-refractivity contribution < 1.29 is 13.6 Å². The van der Waals surface area contributed by atoms with Crippen molar-refractivity contribution in [3.8, 4) is 0 Å². The first-order valence-corrected chi connectivity index (χ1v) is 8.08. The number of nitrogens with zero attached hydrogens (tertiary/aromatic N) is 2. The maximum absolute atomic E-state index is 12.7. The smallest absolute Gasteiger partial charge is 0.243 e. The van der Waals surface area contributed by atoms with Crippen molar-refractivity contribution in [3.05, 3.63) is 29.3 Å². The van der Waals surface area contributed by atoms with E-state index < -0.39 is 10.0 Å². The van der Waals surface area contributed by atoms with Crippen LogP contribution in [0, 0.1) is 19.8 Å². The lowest BCUT2D eigenvalue weighted by molar-refractivity contribution is 0.300. The van der Waals surface area contributed by atoms with Crippen molar-refractivity contribution in [1.82, 2.24) is 4.31 Å². The predicted octanol–water partition coefficient (Wildman–Crippen LogP) is 2.16. The summed E-state index contributed by atoms with van der Waals surface area (Å²) in [5, 5.41) is 12.1. The van der Waals surface area contributed by atoms with Gasteiger partial charge in [-0.15, -0.1) is 0 Å². The Labute approximate surface area is 120 Å². The highest BCUT2D eigenvalue weighted by Crippen LogP contribution is 2.25. The minimum atomic E-state index is -3.48. The van der Waals surface area contributed by atoms with Gasteiger partial charge in [0, 0.05) is 25.4 Å². The highest BCUT2D eigenvalue weighted by molar-refractivity contribution is 7.89. The third-order valence-corrected chi connectivity index (χ3v) is 5.77. The van der Waals surface area contributed by atoms with Crippen LogP contribution in [0.3, 0.4) is 0 Å². The molecule has 1 unspecified atom stereocenters. The number of oxime groups is 1. The van der Waals surface area contributed by atoms with Crippen LogP contribution in [-0.4, -0.2) is 36.7 Å². The third-order valence-electron chi connectivity index (χ3n) is 3.74. The van der Waals surface area contributed by atoms with Gasteiger partial charge in [0.25, 0.3) is 0 Å². The zero-order chi connectivity index (χ0) is 14.9. The summed E-state index contributed by atoms with van der Waals surface area (Å²) in [5.41, 5.74) is 2.47. The lowest BCUT2D eigenvalue weighted by Gasteiger charge is -2.31. The Morgan fingerprint density at radius 2 is 2.05 bits per heavy atom. The predicted molar refractivity (Wildman–Crippen MR) is 77.7 cm³/mol. The minimum absolute atomic E-state index is 0.0609. The van der Waals surface area contributed by atoms with Crippen LogP contribution in [0.5, 0.6) is 0 Å². The molecule has 1 aliphatic heterocycles. The molecule has 2 rings (SSSR count). The van der Waals surface area contributed by atoms with E-state index in [4.69, 9.17) is 5.21 Å². The van der Waals surface area contributed by atoms with Gasteiger partial charge >= 0.3 is 0 Å². The largest absolute Gasteiger partial charge is 0.411 e. The van der Waals surface area contributed by atoms with Gasteiger partial charge in [0.1, 0.15) is 0 Å². The standard InChI is InChI=1S/C14H20N2O3S/c1-10-4-5-14(11(2)8-10)20(18,19)16-7-6-13(15-17)12(3)9-16/h4-5,8,12,17H,6-7,9H2,1-3H3/b15-13+. The van der Waals surface area contributed by atoms with E-state index in [9.17, 15) is 8.42 Å². The summed E-state index contributed by atoms with van der Waals surface area (Å²) >= 11 is 0. The Bertz CT molecular complexity index is 638. The summed E-state index contributed by atoms with van der Waals surface area (Å²) in [7, 11) is -3.48. The monoisotopic (exact) mass is 296 g/mol. The van der Waals surface area contributed by atoms with E-state index in [1.165, 1.54) is 4.31 Å². The first-order valence-electron chi connectivity index (χ1n) is 6.64. The highest BCUT2D eigenvalue weighted by Gasteiger charge is 2.32. The molecule has 5 nitrogen and oxygen atoms in total. The number of hydrogen-bond donors (Lipinski definition) is 1. The number of hydrogen-bond acceptors (Lipinski definition) is 4. The summed E-state index contributed by atoms with van der Waals surface area (Å²) in [6, 6.07) is 5.36. The molecule has 0 amide bonds. The fourth-order valence-electron chi connectivity index (χ4n) is 2.58. The molecule has 1 N–H and O–H groups in total. The molecule has 6 heteroatoms. The zero-order valence-corrected chi connectivity index (χ0v) is 12.8. The second-order valence-corrected chi connectivity index (χ2v) is 7.28. The van der Waals surface area contributed by atoms with Crippen LogP contribution in [-0.2, 0) is 10.0 Å². The summed E-state index contributed by atoms with van der Waals surface area (Å²) in [6.07, 6.45) is 0.474. The Kier molecular flexibility index (Phi) is 4.15. The molecule has 1 heterocycles. The van der Waals surface area contributed by atoms with Gasteiger partial charge in [-0.05, 0) is 25.5 Å². The van der Waals surface area contributed by atoms with E-state index in [1.54, 1.807) is 6.07 Å². The van der Waals surface area contributed by atoms with E-state index >= 15 is 0 Å². The number of benzene rings is 1. The molecule has 20 heavy (non-hydrogen) atoms. The van der Waals surface area contributed by atoms with Gasteiger partial charge in [0.05, 0.1) is 10.6 Å². The van der Waals surface area contributed by atoms with Crippen LogP contribution < -0.4 is 0 Å². The Balaban J connectivity index is 2.32. The molecule has 0 aromatic heterocycles. The lowest BCUT2D eigenvalue weighted by atomic mass is 10.00. The van der Waals surface area contributed by atoms with Gasteiger partial charge in [0.2, 0.25) is 10.0 Å². The first kappa shape index (κ1) is 15.0. The molecule has 1 aliphatic rings. The normalized spacial score (nSPS) is 23.1. The maximum atomic E-state index is 12.7. The summed E-state index contributed by atoms with van der Waals surface area (Å²) < 4.78 is 26.8. The molecule has 0 bridgehead atoms. The number of aryl methyl sites for hydroxylation is 2. The minimum Gasteiger partial charge on any atom is -0.411 e. The van der Waals surface area contributed by atoms with Gasteiger partial charge in [-0.25, -0.2) is 8.42 Å². The molecule has 0 spiro atoms. The lowest BCUT2D eigenvalue weighted by Crippen LogP contribution is -2.43. The molecule has 1 fully saturated rings. The van der Waals surface area contributed by atoms with E-state index in [0.717, 1.165) is 11.1 Å². The van der Waals surface area contributed by atoms with E-state index in [1.807, 2.05) is 32.9 Å². The zero-order valence-electron chi connectivity index (χ0n) is 12.0. The Morgan fingerprint density at radius 3 is 2.60 bits per heavy atom. The highest BCUT2D eigenvalue weighted by atomic mass is 32.2. The molecule has 1 atom stereocenters. The van der Waals surface area contributed by atoms with Crippen LogP contribution in [0.25, 0.3) is 0 Å². The van der Waals surface area contributed by atoms with Crippen LogP contribution in [0.15, 0.2) is 28.3 Å². The van der Waals surface area contributed by atoms with Gasteiger partial charge in [-0.3, -0.25) is 0 Å². The molecular weight excluding hydrogens is 276 g/mol. The summed E-state index contributed by atoms with van der Waals surface area (Å²) in [6.45, 7) is 6.34. The Hall–Kier alpha value is -1.40. The van der Waals surface area contributed by atoms with Gasteiger partial charge in [-0.2, -0.15) is 4.31 Å². The van der Waals surface area contributed by atoms with Crippen molar-refractivity contribution in [2.24, 2.45) is 11.1 Å². The van der Waals surface area contributed by atoms with Crippen molar-refractivity contribution >= 4 is 15.7 Å². The van der Waals surface area contributed by atoms with E-state index in [-0.39, 0.29) is 5.92 Å². The molecule has 1 saturated heterocycles. The van der Waals surface area contributed by atoms with E-state index in [2.05, 4.69) is 5.16 Å². The topological polar surface area (TPSA) is 70.0 Å². The molecule has 0 saturated carbocycles. The first-order chi connectivity index (χ1) is 9.36. The van der Waals surface area contributed by atoms with Crippen molar-refractivity contribution in [2.45, 2.75) is 32.1 Å². The second-order valence-electron chi connectivity index (χ2n) is 5.37. The summed E-state index contributed by atoms with van der Waals surface area (Å²) in [5.74, 6) is -0.0609. The van der Waals surface area contributed by atoms with Crippen molar-refractivity contribution in [1.29, 1.82) is 0 Å². The van der Waals surface area contributed by atoms with Gasteiger partial charge < -0.3 is 5.21 Å². The average molecular weight is 296 g/mol. The SMILES string of the molecule is Cc1ccc(S(=O)(=O)N2CC/C(=N\O)C(C)C2)c(C)c1. The summed E-state index contributed by atoms with van der Waals surface area (Å²) in [4.78, 5) is 0.361. The Morgan fingerprint density at radius 1 is 1.35 bits per heavy atom. The van der Waals surface area contributed by atoms with Gasteiger partial charge in [0.15, 0.2) is 0 Å². The molecule has 110 valence electrons. The fraction of sp³-hybridized carbons (Fsp3) is 0.500. The van der Waals surface area contributed by atoms with Crippen molar-refractivity contribution in [2.75, 3.05) is 13.1 Å². The van der Waals surface area contributed by atoms with Crippen LogP contribution in [0.4, 0.5) is 0 Å². The molecular formula is C14H20N2O3S. The second kappa shape index (κ2) is 5.54. The third kappa shape index (κ3) is 2.71. The van der Waals surface area contributed by atoms with Crippen LogP contribution >= 0.6 is 0 Å². The molecule has 1 aromatic carbocycles. The van der Waals surface area contributed by atoms with E-state index in [0.29, 0.717) is 30.1 Å². The fourth-order valence-corrected chi connectivity index (χ4v) is 4.32. The quantitative estimate of drug-likeness (QED) is 0.671. The van der Waals surface area contributed by atoms with Crippen molar-refractivity contribution in [3.63, 3.8) is 0 Å². The number of rotatable bonds is 2. The van der Waals surface area contributed by atoms with Gasteiger partial charge in [-0.1, -0.05) is 29.8 Å². The maximum Gasteiger partial charge on any atom is 0.243 e. The van der Waals surface area contributed by atoms with Crippen LogP contribution in [0.2, 0.25) is 0 Å². The van der Waals surface area contributed by atoms with Crippen LogP contribution in [0.1, 0.15) is 24.5 Å². The molecule has 1 aromatic rings. The molecule has 0 aliphatic carbocycles. The number of piperidine rings is 1.